The van der Waals surface area contributed by atoms with Crippen LogP contribution < -0.4 is 10.6 Å². The van der Waals surface area contributed by atoms with Crippen molar-refractivity contribution in [3.8, 4) is 0 Å². The van der Waals surface area contributed by atoms with Gasteiger partial charge in [-0.25, -0.2) is 4.98 Å². The maximum Gasteiger partial charge on any atom is 0.229 e. The van der Waals surface area contributed by atoms with Gasteiger partial charge in [0, 0.05) is 23.5 Å². The summed E-state index contributed by atoms with van der Waals surface area (Å²) in [5, 5.41) is 7.25. The number of aromatic nitrogens is 2. The van der Waals surface area contributed by atoms with Gasteiger partial charge in [0.05, 0.1) is 0 Å². The average Bonchev–Trinajstić information content (AvgIpc) is 2.62. The SMILES string of the molecule is CC(C)c1ccc(Nc2nccc(NCc3ccccc3Cl)n2)cc1. The molecule has 0 spiro atoms. The van der Waals surface area contributed by atoms with Crippen LogP contribution in [0.4, 0.5) is 17.5 Å². The highest BCUT2D eigenvalue weighted by atomic mass is 35.5. The largest absolute Gasteiger partial charge is 0.366 e. The molecule has 25 heavy (non-hydrogen) atoms. The van der Waals surface area contributed by atoms with Crippen LogP contribution in [0.2, 0.25) is 5.02 Å². The number of hydrogen-bond acceptors (Lipinski definition) is 4. The standard InChI is InChI=1S/C20H21ClN4/c1-14(2)15-7-9-17(10-8-15)24-20-22-12-11-19(25-20)23-13-16-5-3-4-6-18(16)21/h3-12,14H,13H2,1-2H3,(H2,22,23,24,25). The van der Waals surface area contributed by atoms with E-state index in [0.717, 1.165) is 22.1 Å². The Labute approximate surface area is 153 Å². The molecule has 0 amide bonds. The molecule has 0 bridgehead atoms. The summed E-state index contributed by atoms with van der Waals surface area (Å²) in [6.07, 6.45) is 1.73. The summed E-state index contributed by atoms with van der Waals surface area (Å²) in [5.41, 5.74) is 3.30. The first-order valence-corrected chi connectivity index (χ1v) is 8.67. The van der Waals surface area contributed by atoms with Gasteiger partial charge in [0.2, 0.25) is 5.95 Å². The van der Waals surface area contributed by atoms with Crippen LogP contribution in [-0.2, 0) is 6.54 Å². The van der Waals surface area contributed by atoms with Gasteiger partial charge in [-0.05, 0) is 41.3 Å². The van der Waals surface area contributed by atoms with Gasteiger partial charge in [0.1, 0.15) is 5.82 Å². The minimum Gasteiger partial charge on any atom is -0.366 e. The molecule has 0 saturated carbocycles. The molecule has 1 heterocycles. The Morgan fingerprint density at radius 3 is 2.48 bits per heavy atom. The van der Waals surface area contributed by atoms with E-state index in [9.17, 15) is 0 Å². The van der Waals surface area contributed by atoms with Gasteiger partial charge >= 0.3 is 0 Å². The van der Waals surface area contributed by atoms with E-state index in [1.165, 1.54) is 5.56 Å². The minimum absolute atomic E-state index is 0.516. The zero-order valence-corrected chi connectivity index (χ0v) is 15.1. The molecule has 2 aromatic carbocycles. The summed E-state index contributed by atoms with van der Waals surface area (Å²) in [7, 11) is 0. The highest BCUT2D eigenvalue weighted by Crippen LogP contribution is 2.20. The fraction of sp³-hybridized carbons (Fsp3) is 0.200. The van der Waals surface area contributed by atoms with Crippen LogP contribution in [0, 0.1) is 0 Å². The van der Waals surface area contributed by atoms with Gasteiger partial charge in [0.15, 0.2) is 0 Å². The lowest BCUT2D eigenvalue weighted by molar-refractivity contribution is 0.867. The van der Waals surface area contributed by atoms with Crippen LogP contribution in [0.15, 0.2) is 60.8 Å². The second kappa shape index (κ2) is 7.99. The van der Waals surface area contributed by atoms with Gasteiger partial charge in [-0.1, -0.05) is 55.8 Å². The smallest absolute Gasteiger partial charge is 0.229 e. The van der Waals surface area contributed by atoms with Gasteiger partial charge < -0.3 is 10.6 Å². The molecule has 0 aliphatic carbocycles. The summed E-state index contributed by atoms with van der Waals surface area (Å²) in [6, 6.07) is 17.9. The number of hydrogen-bond donors (Lipinski definition) is 2. The normalized spacial score (nSPS) is 10.7. The Morgan fingerprint density at radius 2 is 1.76 bits per heavy atom. The van der Waals surface area contributed by atoms with E-state index in [4.69, 9.17) is 11.6 Å². The summed E-state index contributed by atoms with van der Waals surface area (Å²) in [6.45, 7) is 4.97. The molecular formula is C20H21ClN4. The predicted molar refractivity (Wildman–Crippen MR) is 105 cm³/mol. The highest BCUT2D eigenvalue weighted by Gasteiger charge is 2.03. The number of benzene rings is 2. The molecule has 0 saturated heterocycles. The lowest BCUT2D eigenvalue weighted by Gasteiger charge is -2.10. The highest BCUT2D eigenvalue weighted by molar-refractivity contribution is 6.31. The first-order chi connectivity index (χ1) is 12.1. The Bertz CT molecular complexity index is 831. The second-order valence-corrected chi connectivity index (χ2v) is 6.52. The van der Waals surface area contributed by atoms with Crippen LogP contribution >= 0.6 is 11.6 Å². The van der Waals surface area contributed by atoms with E-state index >= 15 is 0 Å². The minimum atomic E-state index is 0.516. The number of rotatable bonds is 6. The first kappa shape index (κ1) is 17.2. The van der Waals surface area contributed by atoms with Crippen molar-refractivity contribution in [1.29, 1.82) is 0 Å². The predicted octanol–water partition coefficient (Wildman–Crippen LogP) is 5.61. The molecule has 2 N–H and O–H groups in total. The molecule has 4 nitrogen and oxygen atoms in total. The van der Waals surface area contributed by atoms with Gasteiger partial charge in [-0.2, -0.15) is 4.98 Å². The molecule has 3 rings (SSSR count). The van der Waals surface area contributed by atoms with Crippen molar-refractivity contribution in [2.24, 2.45) is 0 Å². The molecule has 0 aliphatic heterocycles. The van der Waals surface area contributed by atoms with Crippen LogP contribution in [0.25, 0.3) is 0 Å². The van der Waals surface area contributed by atoms with Crippen molar-refractivity contribution in [3.63, 3.8) is 0 Å². The fourth-order valence-corrected chi connectivity index (χ4v) is 2.63. The van der Waals surface area contributed by atoms with Crippen molar-refractivity contribution in [3.05, 3.63) is 76.9 Å². The third-order valence-corrected chi connectivity index (χ3v) is 4.28. The average molecular weight is 353 g/mol. The zero-order valence-electron chi connectivity index (χ0n) is 14.3. The van der Waals surface area contributed by atoms with E-state index in [1.807, 2.05) is 42.5 Å². The van der Waals surface area contributed by atoms with E-state index < -0.39 is 0 Å². The van der Waals surface area contributed by atoms with Crippen molar-refractivity contribution < 1.29 is 0 Å². The quantitative estimate of drug-likeness (QED) is 0.605. The maximum atomic E-state index is 6.18. The Morgan fingerprint density at radius 1 is 1.00 bits per heavy atom. The van der Waals surface area contributed by atoms with Gasteiger partial charge in [-0.15, -0.1) is 0 Å². The van der Waals surface area contributed by atoms with Crippen LogP contribution in [-0.4, -0.2) is 9.97 Å². The Balaban J connectivity index is 1.66. The van der Waals surface area contributed by atoms with Crippen molar-refractivity contribution in [2.45, 2.75) is 26.3 Å². The van der Waals surface area contributed by atoms with Gasteiger partial charge in [-0.3, -0.25) is 0 Å². The van der Waals surface area contributed by atoms with Crippen molar-refractivity contribution in [2.75, 3.05) is 10.6 Å². The van der Waals surface area contributed by atoms with Crippen LogP contribution in [0.5, 0.6) is 0 Å². The molecule has 128 valence electrons. The number of anilines is 3. The Hall–Kier alpha value is -2.59. The third-order valence-electron chi connectivity index (χ3n) is 3.91. The molecule has 0 radical (unpaired) electrons. The van der Waals surface area contributed by atoms with Gasteiger partial charge in [0.25, 0.3) is 0 Å². The molecule has 0 unspecified atom stereocenters. The maximum absolute atomic E-state index is 6.18. The van der Waals surface area contributed by atoms with Crippen LogP contribution in [0.3, 0.4) is 0 Å². The van der Waals surface area contributed by atoms with Crippen LogP contribution in [0.1, 0.15) is 30.9 Å². The van der Waals surface area contributed by atoms with E-state index in [2.05, 4.69) is 46.6 Å². The third kappa shape index (κ3) is 4.70. The number of nitrogens with one attached hydrogen (secondary N) is 2. The molecule has 0 fully saturated rings. The number of halogens is 1. The lowest BCUT2D eigenvalue weighted by Crippen LogP contribution is -2.04. The van der Waals surface area contributed by atoms with E-state index in [-0.39, 0.29) is 0 Å². The Kier molecular flexibility index (Phi) is 5.51. The monoisotopic (exact) mass is 352 g/mol. The summed E-state index contributed by atoms with van der Waals surface area (Å²) in [4.78, 5) is 8.77. The summed E-state index contributed by atoms with van der Waals surface area (Å²) in [5.74, 6) is 1.82. The first-order valence-electron chi connectivity index (χ1n) is 8.29. The molecule has 3 aromatic rings. The zero-order chi connectivity index (χ0) is 17.6. The molecule has 0 atom stereocenters. The van der Waals surface area contributed by atoms with E-state index in [1.54, 1.807) is 6.20 Å². The molecule has 1 aromatic heterocycles. The summed E-state index contributed by atoms with van der Waals surface area (Å²) >= 11 is 6.18. The van der Waals surface area contributed by atoms with Crippen molar-refractivity contribution >= 4 is 29.1 Å². The second-order valence-electron chi connectivity index (χ2n) is 6.11. The van der Waals surface area contributed by atoms with E-state index in [0.29, 0.717) is 18.4 Å². The lowest BCUT2D eigenvalue weighted by atomic mass is 10.0. The molecule has 5 heteroatoms. The summed E-state index contributed by atoms with van der Waals surface area (Å²) < 4.78 is 0. The molecule has 0 aliphatic rings. The fourth-order valence-electron chi connectivity index (χ4n) is 2.43. The topological polar surface area (TPSA) is 49.8 Å². The van der Waals surface area contributed by atoms with Crippen molar-refractivity contribution in [1.82, 2.24) is 9.97 Å². The number of nitrogens with zero attached hydrogens (tertiary/aromatic N) is 2. The molecular weight excluding hydrogens is 332 g/mol.